The highest BCUT2D eigenvalue weighted by molar-refractivity contribution is 9.10. The summed E-state index contributed by atoms with van der Waals surface area (Å²) in [4.78, 5) is 11.9. The molecule has 1 amide bonds. The molecule has 2 aromatic carbocycles. The van der Waals surface area contributed by atoms with E-state index in [1.165, 1.54) is 0 Å². The van der Waals surface area contributed by atoms with Crippen LogP contribution in [0.1, 0.15) is 5.56 Å². The molecule has 0 saturated carbocycles. The van der Waals surface area contributed by atoms with Crippen LogP contribution in [0.25, 0.3) is 6.08 Å². The highest BCUT2D eigenvalue weighted by atomic mass is 79.9. The SMILES string of the molecule is O=C(Nc1ccc(Br)c(Cl)c1)C(Cl)=Cc1ccccc1. The van der Waals surface area contributed by atoms with Crippen molar-refractivity contribution < 1.29 is 4.79 Å². The van der Waals surface area contributed by atoms with Crippen LogP contribution < -0.4 is 5.32 Å². The largest absolute Gasteiger partial charge is 0.321 e. The lowest BCUT2D eigenvalue weighted by molar-refractivity contribution is -0.112. The maximum Gasteiger partial charge on any atom is 0.267 e. The number of rotatable bonds is 3. The monoisotopic (exact) mass is 369 g/mol. The predicted octanol–water partition coefficient (Wildman–Crippen LogP) is 5.32. The van der Waals surface area contributed by atoms with Gasteiger partial charge in [-0.25, -0.2) is 0 Å². The van der Waals surface area contributed by atoms with E-state index < -0.39 is 0 Å². The molecule has 0 atom stereocenters. The average Bonchev–Trinajstić information content (AvgIpc) is 2.44. The van der Waals surface area contributed by atoms with Crippen molar-refractivity contribution in [3.63, 3.8) is 0 Å². The van der Waals surface area contributed by atoms with Gasteiger partial charge in [0.1, 0.15) is 5.03 Å². The van der Waals surface area contributed by atoms with Gasteiger partial charge in [-0.05, 0) is 45.8 Å². The second-order valence-electron chi connectivity index (χ2n) is 3.99. The standard InChI is InChI=1S/C15H10BrCl2NO/c16-12-7-6-11(9-13(12)17)19-15(20)14(18)8-10-4-2-1-3-5-10/h1-9H,(H,19,20). The van der Waals surface area contributed by atoms with Crippen LogP contribution in [0.4, 0.5) is 5.69 Å². The molecule has 0 aliphatic rings. The van der Waals surface area contributed by atoms with Gasteiger partial charge in [-0.15, -0.1) is 0 Å². The summed E-state index contributed by atoms with van der Waals surface area (Å²) in [5, 5.41) is 3.31. The van der Waals surface area contributed by atoms with Gasteiger partial charge in [-0.1, -0.05) is 53.5 Å². The Labute approximate surface area is 135 Å². The zero-order chi connectivity index (χ0) is 14.5. The number of anilines is 1. The van der Waals surface area contributed by atoms with E-state index in [-0.39, 0.29) is 10.9 Å². The van der Waals surface area contributed by atoms with Gasteiger partial charge in [0.25, 0.3) is 5.91 Å². The Hall–Kier alpha value is -1.29. The Morgan fingerprint density at radius 1 is 1.15 bits per heavy atom. The molecule has 1 N–H and O–H groups in total. The third kappa shape index (κ3) is 4.10. The van der Waals surface area contributed by atoms with Crippen LogP contribution in [0.3, 0.4) is 0 Å². The zero-order valence-electron chi connectivity index (χ0n) is 10.2. The van der Waals surface area contributed by atoms with E-state index >= 15 is 0 Å². The van der Waals surface area contributed by atoms with Gasteiger partial charge >= 0.3 is 0 Å². The average molecular weight is 371 g/mol. The summed E-state index contributed by atoms with van der Waals surface area (Å²) in [7, 11) is 0. The fraction of sp³-hybridized carbons (Fsp3) is 0. The van der Waals surface area contributed by atoms with E-state index in [9.17, 15) is 4.79 Å². The third-order valence-electron chi connectivity index (χ3n) is 2.49. The number of hydrogen-bond acceptors (Lipinski definition) is 1. The maximum absolute atomic E-state index is 11.9. The first-order chi connectivity index (χ1) is 9.56. The van der Waals surface area contributed by atoms with Crippen molar-refractivity contribution in [2.75, 3.05) is 5.32 Å². The number of nitrogens with one attached hydrogen (secondary N) is 1. The molecule has 0 radical (unpaired) electrons. The molecular formula is C15H10BrCl2NO. The third-order valence-corrected chi connectivity index (χ3v) is 4.00. The molecule has 102 valence electrons. The molecular weight excluding hydrogens is 361 g/mol. The number of carbonyl (C=O) groups excluding carboxylic acids is 1. The minimum atomic E-state index is -0.381. The summed E-state index contributed by atoms with van der Waals surface area (Å²) < 4.78 is 0.767. The Morgan fingerprint density at radius 3 is 2.50 bits per heavy atom. The summed E-state index contributed by atoms with van der Waals surface area (Å²) in [5.41, 5.74) is 1.45. The van der Waals surface area contributed by atoms with E-state index in [4.69, 9.17) is 23.2 Å². The van der Waals surface area contributed by atoms with E-state index in [1.807, 2.05) is 30.3 Å². The molecule has 0 aliphatic carbocycles. The normalized spacial score (nSPS) is 11.2. The van der Waals surface area contributed by atoms with Crippen molar-refractivity contribution in [3.8, 4) is 0 Å². The molecule has 0 heterocycles. The summed E-state index contributed by atoms with van der Waals surface area (Å²) >= 11 is 15.2. The molecule has 0 aliphatic heterocycles. The minimum Gasteiger partial charge on any atom is -0.321 e. The molecule has 2 rings (SSSR count). The molecule has 0 aromatic heterocycles. The highest BCUT2D eigenvalue weighted by Gasteiger charge is 2.08. The predicted molar refractivity (Wildman–Crippen MR) is 88.1 cm³/mol. The topological polar surface area (TPSA) is 29.1 Å². The van der Waals surface area contributed by atoms with Crippen LogP contribution in [0.2, 0.25) is 5.02 Å². The number of halogens is 3. The van der Waals surface area contributed by atoms with Gasteiger partial charge in [0.15, 0.2) is 0 Å². The van der Waals surface area contributed by atoms with E-state index in [0.717, 1.165) is 10.0 Å². The van der Waals surface area contributed by atoms with Crippen LogP contribution in [-0.4, -0.2) is 5.91 Å². The Balaban J connectivity index is 2.11. The van der Waals surface area contributed by atoms with Crippen LogP contribution in [0.15, 0.2) is 58.0 Å². The van der Waals surface area contributed by atoms with Gasteiger partial charge < -0.3 is 5.32 Å². The minimum absolute atomic E-state index is 0.107. The summed E-state index contributed by atoms with van der Waals surface area (Å²) in [6.45, 7) is 0. The molecule has 20 heavy (non-hydrogen) atoms. The van der Waals surface area contributed by atoms with Crippen molar-refractivity contribution in [3.05, 3.63) is 68.6 Å². The molecule has 2 aromatic rings. The number of carbonyl (C=O) groups is 1. The Morgan fingerprint density at radius 2 is 1.85 bits per heavy atom. The van der Waals surface area contributed by atoms with E-state index in [0.29, 0.717) is 10.7 Å². The summed E-state index contributed by atoms with van der Waals surface area (Å²) in [6, 6.07) is 14.5. The lowest BCUT2D eigenvalue weighted by Crippen LogP contribution is -2.11. The lowest BCUT2D eigenvalue weighted by Gasteiger charge is -2.05. The van der Waals surface area contributed by atoms with Crippen LogP contribution in [0.5, 0.6) is 0 Å². The Kier molecular flexibility index (Phi) is 5.24. The molecule has 0 saturated heterocycles. The molecule has 0 spiro atoms. The van der Waals surface area contributed by atoms with Gasteiger partial charge in [-0.3, -0.25) is 4.79 Å². The summed E-state index contributed by atoms with van der Waals surface area (Å²) in [5.74, 6) is -0.381. The van der Waals surface area contributed by atoms with Crippen LogP contribution in [0, 0.1) is 0 Å². The second kappa shape index (κ2) is 6.93. The number of hydrogen-bond donors (Lipinski definition) is 1. The second-order valence-corrected chi connectivity index (χ2v) is 5.65. The van der Waals surface area contributed by atoms with Crippen molar-refractivity contribution in [2.45, 2.75) is 0 Å². The van der Waals surface area contributed by atoms with Crippen molar-refractivity contribution >= 4 is 56.8 Å². The van der Waals surface area contributed by atoms with Crippen molar-refractivity contribution in [2.24, 2.45) is 0 Å². The molecule has 0 fully saturated rings. The van der Waals surface area contributed by atoms with E-state index in [1.54, 1.807) is 24.3 Å². The maximum atomic E-state index is 11.9. The van der Waals surface area contributed by atoms with Gasteiger partial charge in [0, 0.05) is 10.2 Å². The Bertz CT molecular complexity index is 656. The molecule has 2 nitrogen and oxygen atoms in total. The summed E-state index contributed by atoms with van der Waals surface area (Å²) in [6.07, 6.45) is 1.61. The number of benzene rings is 2. The fourth-order valence-electron chi connectivity index (χ4n) is 1.53. The van der Waals surface area contributed by atoms with Gasteiger partial charge in [-0.2, -0.15) is 0 Å². The first-order valence-corrected chi connectivity index (χ1v) is 7.30. The first-order valence-electron chi connectivity index (χ1n) is 5.75. The fourth-order valence-corrected chi connectivity index (χ4v) is 2.13. The molecule has 5 heteroatoms. The van der Waals surface area contributed by atoms with Crippen LogP contribution in [-0.2, 0) is 4.79 Å². The van der Waals surface area contributed by atoms with Gasteiger partial charge in [0.2, 0.25) is 0 Å². The highest BCUT2D eigenvalue weighted by Crippen LogP contribution is 2.26. The van der Waals surface area contributed by atoms with Crippen LogP contribution >= 0.6 is 39.1 Å². The molecule has 0 bridgehead atoms. The zero-order valence-corrected chi connectivity index (χ0v) is 13.3. The van der Waals surface area contributed by atoms with Crippen molar-refractivity contribution in [1.29, 1.82) is 0 Å². The molecule has 0 unspecified atom stereocenters. The van der Waals surface area contributed by atoms with E-state index in [2.05, 4.69) is 21.2 Å². The first kappa shape index (κ1) is 15.1. The number of amides is 1. The van der Waals surface area contributed by atoms with Gasteiger partial charge in [0.05, 0.1) is 5.02 Å². The smallest absolute Gasteiger partial charge is 0.267 e. The lowest BCUT2D eigenvalue weighted by atomic mass is 10.2. The van der Waals surface area contributed by atoms with Crippen molar-refractivity contribution in [1.82, 2.24) is 0 Å². The quantitative estimate of drug-likeness (QED) is 0.727.